The minimum absolute atomic E-state index is 0.0499. The number of hydrogen-bond acceptors (Lipinski definition) is 10. The molecule has 2 aliphatic rings. The molecule has 2 saturated carbocycles. The second kappa shape index (κ2) is 20.1. The van der Waals surface area contributed by atoms with Crippen LogP contribution in [0, 0.1) is 11.8 Å². The summed E-state index contributed by atoms with van der Waals surface area (Å²) in [5.41, 5.74) is 3.02. The summed E-state index contributed by atoms with van der Waals surface area (Å²) in [7, 11) is 3.28. The molecule has 280 valence electrons. The number of ketones is 2. The van der Waals surface area contributed by atoms with Crippen LogP contribution in [-0.2, 0) is 13.2 Å². The zero-order valence-corrected chi connectivity index (χ0v) is 32.7. The Morgan fingerprint density at radius 3 is 1.38 bits per heavy atom. The van der Waals surface area contributed by atoms with Crippen molar-refractivity contribution in [3.63, 3.8) is 0 Å². The van der Waals surface area contributed by atoms with Crippen LogP contribution in [0.25, 0.3) is 0 Å². The standard InChI is InChI=1S/C23H26O4S2.C20H22O4/c1-25-18-11-9-17(10-12-18)15-27-21-6-4-5-20(26-14-16-7-8-16)23(21)19(24)13-22(28-2)29-3;1-14(21)20-18(23-12-15-6-7-15)4-3-5-19(20)24-13-16-8-10-17(22-2)11-9-16/h4-6,9-13,16H,7-8,14-15H2,1-3H3;3-5,8-11,15H,6-7,12-13H2,1-2H3. The molecule has 0 heterocycles. The molecule has 0 unspecified atom stereocenters. The van der Waals surface area contributed by atoms with E-state index in [4.69, 9.17) is 28.4 Å². The molecule has 0 bridgehead atoms. The number of thioether (sulfide) groups is 2. The highest BCUT2D eigenvalue weighted by Crippen LogP contribution is 2.36. The molecule has 0 spiro atoms. The van der Waals surface area contributed by atoms with Gasteiger partial charge in [-0.2, -0.15) is 0 Å². The molecule has 2 fully saturated rings. The number of rotatable bonds is 19. The van der Waals surface area contributed by atoms with Gasteiger partial charge in [0.25, 0.3) is 0 Å². The lowest BCUT2D eigenvalue weighted by molar-refractivity contribution is 0.100. The third-order valence-corrected chi connectivity index (χ3v) is 10.7. The Labute approximate surface area is 321 Å². The van der Waals surface area contributed by atoms with Gasteiger partial charge < -0.3 is 28.4 Å². The Kier molecular flexibility index (Phi) is 15.0. The van der Waals surface area contributed by atoms with Crippen LogP contribution < -0.4 is 28.4 Å². The second-order valence-corrected chi connectivity index (χ2v) is 14.8. The van der Waals surface area contributed by atoms with E-state index in [1.165, 1.54) is 25.7 Å². The van der Waals surface area contributed by atoms with Crippen molar-refractivity contribution < 1.29 is 38.0 Å². The molecule has 53 heavy (non-hydrogen) atoms. The van der Waals surface area contributed by atoms with Crippen LogP contribution in [0.5, 0.6) is 34.5 Å². The van der Waals surface area contributed by atoms with Crippen LogP contribution in [0.2, 0.25) is 0 Å². The highest BCUT2D eigenvalue weighted by Gasteiger charge is 2.25. The average Bonchev–Trinajstić information content (AvgIpc) is 4.14. The number of methoxy groups -OCH3 is 2. The minimum atomic E-state index is -0.0974. The maximum absolute atomic E-state index is 13.1. The summed E-state index contributed by atoms with van der Waals surface area (Å²) in [6, 6.07) is 26.4. The number of carbonyl (C=O) groups excluding carboxylic acids is 2. The summed E-state index contributed by atoms with van der Waals surface area (Å²) < 4.78 is 35.0. The van der Waals surface area contributed by atoms with Crippen molar-refractivity contribution >= 4 is 35.1 Å². The van der Waals surface area contributed by atoms with Gasteiger partial charge in [-0.3, -0.25) is 9.59 Å². The van der Waals surface area contributed by atoms with Gasteiger partial charge >= 0.3 is 0 Å². The lowest BCUT2D eigenvalue weighted by Gasteiger charge is -2.15. The number of benzene rings is 4. The van der Waals surface area contributed by atoms with Crippen LogP contribution >= 0.6 is 23.5 Å². The summed E-state index contributed by atoms with van der Waals surface area (Å²) in [5, 5.41) is 0. The number of allylic oxidation sites excluding steroid dienone is 1. The maximum Gasteiger partial charge on any atom is 0.194 e. The smallest absolute Gasteiger partial charge is 0.194 e. The fraction of sp³-hybridized carbons (Fsp3) is 0.349. The fourth-order valence-corrected chi connectivity index (χ4v) is 6.34. The number of hydrogen-bond donors (Lipinski definition) is 0. The van der Waals surface area contributed by atoms with Gasteiger partial charge in [0.15, 0.2) is 11.6 Å². The Hall–Kier alpha value is -4.54. The van der Waals surface area contributed by atoms with Crippen molar-refractivity contribution in [2.75, 3.05) is 39.9 Å². The second-order valence-electron chi connectivity index (χ2n) is 12.8. The number of ether oxygens (including phenoxy) is 6. The van der Waals surface area contributed by atoms with E-state index in [0.29, 0.717) is 72.4 Å². The Bertz CT molecular complexity index is 1820. The van der Waals surface area contributed by atoms with Gasteiger partial charge in [0.05, 0.1) is 27.4 Å². The molecule has 0 saturated heterocycles. The molecule has 4 aromatic carbocycles. The molecular formula is C43H48O8S2. The van der Waals surface area contributed by atoms with E-state index in [-0.39, 0.29) is 11.6 Å². The van der Waals surface area contributed by atoms with Gasteiger partial charge in [-0.05, 0) is 117 Å². The molecular weight excluding hydrogens is 709 g/mol. The first-order valence-corrected chi connectivity index (χ1v) is 20.1. The molecule has 8 nitrogen and oxygen atoms in total. The van der Waals surface area contributed by atoms with E-state index in [1.807, 2.05) is 97.4 Å². The molecule has 0 aliphatic heterocycles. The molecule has 0 aromatic heterocycles. The predicted molar refractivity (Wildman–Crippen MR) is 213 cm³/mol. The first-order valence-electron chi connectivity index (χ1n) is 17.7. The molecule has 0 atom stereocenters. The van der Waals surface area contributed by atoms with Crippen LogP contribution in [0.4, 0.5) is 0 Å². The van der Waals surface area contributed by atoms with Crippen molar-refractivity contribution in [2.45, 2.75) is 45.8 Å². The van der Waals surface area contributed by atoms with Gasteiger partial charge in [0, 0.05) is 10.3 Å². The quantitative estimate of drug-likeness (QED) is 0.0680. The minimum Gasteiger partial charge on any atom is -0.497 e. The zero-order chi connectivity index (χ0) is 37.6. The average molecular weight is 757 g/mol. The first kappa shape index (κ1) is 39.7. The van der Waals surface area contributed by atoms with Gasteiger partial charge in [-0.15, -0.1) is 23.5 Å². The molecule has 10 heteroatoms. The van der Waals surface area contributed by atoms with E-state index in [0.717, 1.165) is 26.9 Å². The highest BCUT2D eigenvalue weighted by atomic mass is 32.2. The van der Waals surface area contributed by atoms with Crippen molar-refractivity contribution in [3.05, 3.63) is 117 Å². The third-order valence-electron chi connectivity index (χ3n) is 8.68. The fourth-order valence-electron chi connectivity index (χ4n) is 5.22. The van der Waals surface area contributed by atoms with Gasteiger partial charge in [0.2, 0.25) is 0 Å². The van der Waals surface area contributed by atoms with E-state index in [9.17, 15) is 9.59 Å². The van der Waals surface area contributed by atoms with E-state index in [1.54, 1.807) is 50.7 Å². The Morgan fingerprint density at radius 1 is 0.604 bits per heavy atom. The summed E-state index contributed by atoms with van der Waals surface area (Å²) in [6.07, 6.45) is 10.4. The van der Waals surface area contributed by atoms with Gasteiger partial charge in [0.1, 0.15) is 58.8 Å². The number of Topliss-reactive ketones (excluding diaryl/α,β-unsaturated/α-hetero) is 1. The van der Waals surface area contributed by atoms with Crippen molar-refractivity contribution in [1.29, 1.82) is 0 Å². The van der Waals surface area contributed by atoms with E-state index < -0.39 is 0 Å². The van der Waals surface area contributed by atoms with Crippen LogP contribution in [0.1, 0.15) is 64.4 Å². The van der Waals surface area contributed by atoms with Crippen LogP contribution in [0.3, 0.4) is 0 Å². The largest absolute Gasteiger partial charge is 0.497 e. The normalized spacial score (nSPS) is 13.2. The summed E-state index contributed by atoms with van der Waals surface area (Å²) in [4.78, 5) is 25.2. The SMILES string of the molecule is COc1ccc(COc2cccc(OCC3CC3)c2C(=O)C=C(SC)SC)cc1.COc1ccc(COc2cccc(OCC3CC3)c2C(C)=O)cc1. The van der Waals surface area contributed by atoms with Crippen molar-refractivity contribution in [1.82, 2.24) is 0 Å². The molecule has 4 aromatic rings. The zero-order valence-electron chi connectivity index (χ0n) is 31.1. The summed E-state index contributed by atoms with van der Waals surface area (Å²) in [5.74, 6) is 4.99. The highest BCUT2D eigenvalue weighted by molar-refractivity contribution is 8.21. The molecule has 2 aliphatic carbocycles. The summed E-state index contributed by atoms with van der Waals surface area (Å²) in [6.45, 7) is 3.60. The monoisotopic (exact) mass is 756 g/mol. The molecule has 0 N–H and O–H groups in total. The maximum atomic E-state index is 13.1. The first-order chi connectivity index (χ1) is 25.8. The lowest BCUT2D eigenvalue weighted by atomic mass is 10.1. The Morgan fingerprint density at radius 2 is 1.00 bits per heavy atom. The molecule has 6 rings (SSSR count). The summed E-state index contributed by atoms with van der Waals surface area (Å²) >= 11 is 3.11. The van der Waals surface area contributed by atoms with Crippen LogP contribution in [-0.4, -0.2) is 51.5 Å². The van der Waals surface area contributed by atoms with Crippen LogP contribution in [0.15, 0.2) is 95.2 Å². The number of carbonyl (C=O) groups is 2. The van der Waals surface area contributed by atoms with Crippen molar-refractivity contribution in [3.8, 4) is 34.5 Å². The van der Waals surface area contributed by atoms with E-state index in [2.05, 4.69) is 0 Å². The van der Waals surface area contributed by atoms with Gasteiger partial charge in [-0.1, -0.05) is 36.4 Å². The lowest BCUT2D eigenvalue weighted by Crippen LogP contribution is -2.08. The Balaban J connectivity index is 0.000000208. The molecule has 0 radical (unpaired) electrons. The third kappa shape index (κ3) is 12.3. The predicted octanol–water partition coefficient (Wildman–Crippen LogP) is 10.1. The van der Waals surface area contributed by atoms with E-state index >= 15 is 0 Å². The van der Waals surface area contributed by atoms with Gasteiger partial charge in [-0.25, -0.2) is 0 Å². The van der Waals surface area contributed by atoms with Crippen molar-refractivity contribution in [2.24, 2.45) is 11.8 Å². The molecule has 0 amide bonds. The topological polar surface area (TPSA) is 89.5 Å².